The van der Waals surface area contributed by atoms with E-state index in [2.05, 4.69) is 25.9 Å². The van der Waals surface area contributed by atoms with Gasteiger partial charge in [-0.25, -0.2) is 9.97 Å². The Morgan fingerprint density at radius 1 is 1.30 bits per heavy atom. The Kier molecular flexibility index (Phi) is 4.49. The first kappa shape index (κ1) is 14.7. The van der Waals surface area contributed by atoms with Crippen molar-refractivity contribution in [2.45, 2.75) is 26.2 Å². The van der Waals surface area contributed by atoms with Gasteiger partial charge in [0.15, 0.2) is 0 Å². The number of rotatable bonds is 4. The number of nitrogens with zero attached hydrogens (tertiary/aromatic N) is 2. The van der Waals surface area contributed by atoms with Gasteiger partial charge >= 0.3 is 5.97 Å². The summed E-state index contributed by atoms with van der Waals surface area (Å²) < 4.78 is 1.01. The summed E-state index contributed by atoms with van der Waals surface area (Å²) >= 11 is 3.40. The lowest BCUT2D eigenvalue weighted by molar-refractivity contribution is -0.137. The second kappa shape index (κ2) is 6.13. The molecular weight excluding hydrogens is 320 g/mol. The summed E-state index contributed by atoms with van der Waals surface area (Å²) in [6.45, 7) is 3.72. The molecule has 0 saturated carbocycles. The van der Waals surface area contributed by atoms with Gasteiger partial charge in [0.25, 0.3) is 0 Å². The highest BCUT2D eigenvalue weighted by molar-refractivity contribution is 9.10. The molecule has 0 amide bonds. The third-order valence-corrected chi connectivity index (χ3v) is 3.46. The highest BCUT2D eigenvalue weighted by Crippen LogP contribution is 2.23. The van der Waals surface area contributed by atoms with E-state index in [-0.39, 0.29) is 12.3 Å². The molecule has 0 aliphatic heterocycles. The van der Waals surface area contributed by atoms with Gasteiger partial charge in [0.05, 0.1) is 12.1 Å². The number of benzene rings is 1. The molecule has 0 radical (unpaired) electrons. The number of carbonyl (C=O) groups is 1. The van der Waals surface area contributed by atoms with E-state index < -0.39 is 5.97 Å². The molecule has 1 unspecified atom stereocenters. The van der Waals surface area contributed by atoms with E-state index >= 15 is 0 Å². The maximum absolute atomic E-state index is 10.8. The van der Waals surface area contributed by atoms with E-state index in [0.717, 1.165) is 21.4 Å². The Morgan fingerprint density at radius 2 is 1.95 bits per heavy atom. The molecule has 20 heavy (non-hydrogen) atoms. The molecule has 0 bridgehead atoms. The molecule has 1 aromatic heterocycles. The highest BCUT2D eigenvalue weighted by Gasteiger charge is 2.15. The molecule has 2 rings (SSSR count). The van der Waals surface area contributed by atoms with Gasteiger partial charge in [0.1, 0.15) is 5.82 Å². The Balaban J connectivity index is 2.38. The number of aliphatic carboxylic acids is 1. The standard InChI is InChI=1S/C15H15BrN2O2/c1-9(7-14(19)20)15-17-10(2)8-13(18-15)11-3-5-12(16)6-4-11/h3-6,8-9H,7H2,1-2H3,(H,19,20). The molecule has 0 saturated heterocycles. The van der Waals surface area contributed by atoms with Crippen molar-refractivity contribution in [3.8, 4) is 11.3 Å². The van der Waals surface area contributed by atoms with Crippen molar-refractivity contribution < 1.29 is 9.90 Å². The molecule has 2 aromatic rings. The summed E-state index contributed by atoms with van der Waals surface area (Å²) in [7, 11) is 0. The van der Waals surface area contributed by atoms with Crippen molar-refractivity contribution in [2.75, 3.05) is 0 Å². The second-order valence-electron chi connectivity index (χ2n) is 4.76. The van der Waals surface area contributed by atoms with Gasteiger partial charge < -0.3 is 5.11 Å². The predicted octanol–water partition coefficient (Wildman–Crippen LogP) is 3.79. The molecular formula is C15H15BrN2O2. The van der Waals surface area contributed by atoms with Crippen molar-refractivity contribution in [1.82, 2.24) is 9.97 Å². The molecule has 0 aliphatic rings. The van der Waals surface area contributed by atoms with Gasteiger partial charge in [0.2, 0.25) is 0 Å². The van der Waals surface area contributed by atoms with Gasteiger partial charge in [-0.15, -0.1) is 0 Å². The average Bonchev–Trinajstić information content (AvgIpc) is 2.38. The van der Waals surface area contributed by atoms with Gasteiger partial charge in [-0.05, 0) is 25.1 Å². The predicted molar refractivity (Wildman–Crippen MR) is 80.6 cm³/mol. The van der Waals surface area contributed by atoms with Crippen molar-refractivity contribution in [1.29, 1.82) is 0 Å². The van der Waals surface area contributed by atoms with Crippen LogP contribution < -0.4 is 0 Å². The van der Waals surface area contributed by atoms with Crippen LogP contribution in [0.1, 0.15) is 30.8 Å². The van der Waals surface area contributed by atoms with E-state index in [0.29, 0.717) is 5.82 Å². The number of carboxylic acid groups (broad SMARTS) is 1. The van der Waals surface area contributed by atoms with E-state index in [1.54, 1.807) is 0 Å². The SMILES string of the molecule is Cc1cc(-c2ccc(Br)cc2)nc(C(C)CC(=O)O)n1. The first-order chi connectivity index (χ1) is 9.45. The molecule has 104 valence electrons. The summed E-state index contributed by atoms with van der Waals surface area (Å²) in [5.41, 5.74) is 2.64. The highest BCUT2D eigenvalue weighted by atomic mass is 79.9. The quantitative estimate of drug-likeness (QED) is 0.923. The summed E-state index contributed by atoms with van der Waals surface area (Å²) in [4.78, 5) is 19.6. The Hall–Kier alpha value is -1.75. The molecule has 5 heteroatoms. The Morgan fingerprint density at radius 3 is 2.55 bits per heavy atom. The fraction of sp³-hybridized carbons (Fsp3) is 0.267. The molecule has 0 fully saturated rings. The fourth-order valence-corrected chi connectivity index (χ4v) is 2.20. The summed E-state index contributed by atoms with van der Waals surface area (Å²) in [5.74, 6) is -0.472. The number of aryl methyl sites for hydroxylation is 1. The Bertz CT molecular complexity index is 626. The van der Waals surface area contributed by atoms with Crippen molar-refractivity contribution in [2.24, 2.45) is 0 Å². The zero-order valence-electron chi connectivity index (χ0n) is 11.3. The van der Waals surface area contributed by atoms with Crippen LogP contribution in [0.25, 0.3) is 11.3 Å². The van der Waals surface area contributed by atoms with Crippen molar-refractivity contribution in [3.63, 3.8) is 0 Å². The molecule has 1 heterocycles. The minimum Gasteiger partial charge on any atom is -0.481 e. The van der Waals surface area contributed by atoms with E-state index in [4.69, 9.17) is 5.11 Å². The van der Waals surface area contributed by atoms with Crippen LogP contribution in [-0.4, -0.2) is 21.0 Å². The lowest BCUT2D eigenvalue weighted by Crippen LogP contribution is -2.08. The summed E-state index contributed by atoms with van der Waals surface area (Å²) in [6.07, 6.45) is 0.0310. The van der Waals surface area contributed by atoms with Crippen LogP contribution in [0.3, 0.4) is 0 Å². The smallest absolute Gasteiger partial charge is 0.304 e. The lowest BCUT2D eigenvalue weighted by Gasteiger charge is -2.10. The number of hydrogen-bond donors (Lipinski definition) is 1. The largest absolute Gasteiger partial charge is 0.481 e. The third kappa shape index (κ3) is 3.63. The van der Waals surface area contributed by atoms with Crippen LogP contribution in [0, 0.1) is 6.92 Å². The topological polar surface area (TPSA) is 63.1 Å². The third-order valence-electron chi connectivity index (χ3n) is 2.93. The zero-order valence-corrected chi connectivity index (χ0v) is 12.9. The number of carboxylic acids is 1. The van der Waals surface area contributed by atoms with Crippen LogP contribution in [0.15, 0.2) is 34.8 Å². The van der Waals surface area contributed by atoms with Gasteiger partial charge in [-0.1, -0.05) is 35.0 Å². The number of aromatic nitrogens is 2. The van der Waals surface area contributed by atoms with E-state index in [9.17, 15) is 4.79 Å². The second-order valence-corrected chi connectivity index (χ2v) is 5.67. The maximum Gasteiger partial charge on any atom is 0.304 e. The van der Waals surface area contributed by atoms with Crippen molar-refractivity contribution >= 4 is 21.9 Å². The molecule has 1 atom stereocenters. The molecule has 0 spiro atoms. The van der Waals surface area contributed by atoms with Crippen LogP contribution in [-0.2, 0) is 4.79 Å². The van der Waals surface area contributed by atoms with Gasteiger partial charge in [-0.2, -0.15) is 0 Å². The Labute approximate surface area is 126 Å². The number of hydrogen-bond acceptors (Lipinski definition) is 3. The maximum atomic E-state index is 10.8. The molecule has 4 nitrogen and oxygen atoms in total. The molecule has 1 aromatic carbocycles. The van der Waals surface area contributed by atoms with E-state index in [1.165, 1.54) is 0 Å². The van der Waals surface area contributed by atoms with Crippen LogP contribution in [0.2, 0.25) is 0 Å². The van der Waals surface area contributed by atoms with Crippen LogP contribution >= 0.6 is 15.9 Å². The zero-order chi connectivity index (χ0) is 14.7. The van der Waals surface area contributed by atoms with Crippen LogP contribution in [0.4, 0.5) is 0 Å². The summed E-state index contributed by atoms with van der Waals surface area (Å²) in [5, 5.41) is 8.87. The monoisotopic (exact) mass is 334 g/mol. The minimum absolute atomic E-state index is 0.0310. The first-order valence-electron chi connectivity index (χ1n) is 6.29. The molecule has 1 N–H and O–H groups in total. The normalized spacial score (nSPS) is 12.2. The minimum atomic E-state index is -0.840. The average molecular weight is 335 g/mol. The van der Waals surface area contributed by atoms with Gasteiger partial charge in [-0.3, -0.25) is 4.79 Å². The molecule has 0 aliphatic carbocycles. The lowest BCUT2D eigenvalue weighted by atomic mass is 10.1. The van der Waals surface area contributed by atoms with Crippen LogP contribution in [0.5, 0.6) is 0 Å². The number of halogens is 1. The van der Waals surface area contributed by atoms with E-state index in [1.807, 2.05) is 44.2 Å². The first-order valence-corrected chi connectivity index (χ1v) is 7.08. The van der Waals surface area contributed by atoms with Crippen molar-refractivity contribution in [3.05, 3.63) is 46.3 Å². The summed E-state index contributed by atoms with van der Waals surface area (Å²) in [6, 6.07) is 9.75. The fourth-order valence-electron chi connectivity index (χ4n) is 1.93. The van der Waals surface area contributed by atoms with Gasteiger partial charge in [0, 0.05) is 21.6 Å².